The smallest absolute Gasteiger partial charge is 0.225 e. The maximum atomic E-state index is 11.7. The van der Waals surface area contributed by atoms with Gasteiger partial charge in [-0.05, 0) is 31.3 Å². The number of anilines is 1. The van der Waals surface area contributed by atoms with E-state index in [-0.39, 0.29) is 5.91 Å². The highest BCUT2D eigenvalue weighted by atomic mass is 35.5. The molecule has 0 atom stereocenters. The van der Waals surface area contributed by atoms with Crippen LogP contribution in [0, 0.1) is 0 Å². The summed E-state index contributed by atoms with van der Waals surface area (Å²) >= 11 is 11.7. The predicted octanol–water partition coefficient (Wildman–Crippen LogP) is 3.66. The first-order chi connectivity index (χ1) is 8.56. The molecule has 1 amide bonds. The summed E-state index contributed by atoms with van der Waals surface area (Å²) in [7, 11) is 0. The molecule has 0 spiro atoms. The number of nitrogens with one attached hydrogen (secondary N) is 1. The maximum Gasteiger partial charge on any atom is 0.225 e. The Morgan fingerprint density at radius 1 is 1.22 bits per heavy atom. The Morgan fingerprint density at radius 2 is 1.89 bits per heavy atom. The van der Waals surface area contributed by atoms with Gasteiger partial charge in [-0.25, -0.2) is 0 Å². The highest BCUT2D eigenvalue weighted by Gasteiger charge is 2.06. The average molecular weight is 289 g/mol. The molecule has 0 aromatic heterocycles. The summed E-state index contributed by atoms with van der Waals surface area (Å²) in [5.41, 5.74) is 0.675. The average Bonchev–Trinajstić information content (AvgIpc) is 2.35. The monoisotopic (exact) mass is 288 g/mol. The summed E-state index contributed by atoms with van der Waals surface area (Å²) in [6.45, 7) is 6.84. The second-order valence-electron chi connectivity index (χ2n) is 3.95. The molecule has 1 N–H and O–H groups in total. The summed E-state index contributed by atoms with van der Waals surface area (Å²) in [5, 5.41) is 3.73. The van der Waals surface area contributed by atoms with Crippen LogP contribution in [0.4, 0.5) is 5.69 Å². The Bertz CT molecular complexity index is 406. The Balaban J connectivity index is 2.46. The molecule has 1 aromatic rings. The van der Waals surface area contributed by atoms with Crippen LogP contribution in [0.2, 0.25) is 10.0 Å². The molecule has 0 fully saturated rings. The van der Waals surface area contributed by atoms with E-state index in [0.717, 1.165) is 19.6 Å². The second kappa shape index (κ2) is 7.62. The van der Waals surface area contributed by atoms with Crippen molar-refractivity contribution in [1.29, 1.82) is 0 Å². The summed E-state index contributed by atoms with van der Waals surface area (Å²) < 4.78 is 0. The topological polar surface area (TPSA) is 32.3 Å². The zero-order valence-electron chi connectivity index (χ0n) is 10.7. The lowest BCUT2D eigenvalue weighted by molar-refractivity contribution is -0.116. The Hall–Kier alpha value is -0.770. The van der Waals surface area contributed by atoms with Crippen molar-refractivity contribution >= 4 is 34.8 Å². The molecule has 0 saturated heterocycles. The molecular formula is C13H18Cl2N2O. The summed E-state index contributed by atoms with van der Waals surface area (Å²) in [4.78, 5) is 13.9. The van der Waals surface area contributed by atoms with Crippen molar-refractivity contribution in [2.24, 2.45) is 0 Å². The van der Waals surface area contributed by atoms with Crippen LogP contribution in [-0.4, -0.2) is 30.4 Å². The fourth-order valence-electron chi connectivity index (χ4n) is 1.60. The number of hydrogen-bond acceptors (Lipinski definition) is 2. The van der Waals surface area contributed by atoms with Gasteiger partial charge in [-0.15, -0.1) is 0 Å². The molecule has 0 aliphatic carbocycles. The molecule has 1 aromatic carbocycles. The maximum absolute atomic E-state index is 11.7. The van der Waals surface area contributed by atoms with E-state index in [1.807, 2.05) is 0 Å². The molecule has 1 rings (SSSR count). The first kappa shape index (κ1) is 15.3. The van der Waals surface area contributed by atoms with Crippen LogP contribution < -0.4 is 5.32 Å². The van der Waals surface area contributed by atoms with Crippen molar-refractivity contribution in [3.63, 3.8) is 0 Å². The molecule has 18 heavy (non-hydrogen) atoms. The molecule has 100 valence electrons. The van der Waals surface area contributed by atoms with Crippen LogP contribution in [-0.2, 0) is 4.79 Å². The minimum atomic E-state index is -0.0136. The van der Waals surface area contributed by atoms with Gasteiger partial charge in [-0.2, -0.15) is 0 Å². The molecule has 0 radical (unpaired) electrons. The van der Waals surface area contributed by atoms with Crippen molar-refractivity contribution in [3.05, 3.63) is 28.2 Å². The summed E-state index contributed by atoms with van der Waals surface area (Å²) in [6.07, 6.45) is 0.474. The first-order valence-corrected chi connectivity index (χ1v) is 6.79. The lowest BCUT2D eigenvalue weighted by Gasteiger charge is -2.17. The number of rotatable bonds is 6. The molecule has 0 aliphatic rings. The van der Waals surface area contributed by atoms with Gasteiger partial charge in [0.15, 0.2) is 0 Å². The van der Waals surface area contributed by atoms with Crippen LogP contribution in [0.1, 0.15) is 20.3 Å². The molecule has 5 heteroatoms. The predicted molar refractivity (Wildman–Crippen MR) is 77.5 cm³/mol. The van der Waals surface area contributed by atoms with E-state index in [4.69, 9.17) is 23.2 Å². The number of amides is 1. The number of carbonyl (C=O) groups is 1. The van der Waals surface area contributed by atoms with Crippen molar-refractivity contribution in [2.75, 3.05) is 25.0 Å². The SMILES string of the molecule is CCN(CC)CCC(=O)Nc1ccc(Cl)c(Cl)c1. The van der Waals surface area contributed by atoms with Gasteiger partial charge in [0, 0.05) is 18.7 Å². The lowest BCUT2D eigenvalue weighted by atomic mass is 10.3. The zero-order valence-corrected chi connectivity index (χ0v) is 12.2. The number of carbonyl (C=O) groups excluding carboxylic acids is 1. The third kappa shape index (κ3) is 4.84. The third-order valence-electron chi connectivity index (χ3n) is 2.75. The fourth-order valence-corrected chi connectivity index (χ4v) is 1.89. The van der Waals surface area contributed by atoms with Crippen LogP contribution >= 0.6 is 23.2 Å². The molecule has 0 saturated carbocycles. The van der Waals surface area contributed by atoms with E-state index in [2.05, 4.69) is 24.1 Å². The minimum Gasteiger partial charge on any atom is -0.326 e. The van der Waals surface area contributed by atoms with E-state index in [1.165, 1.54) is 0 Å². The standard InChI is InChI=1S/C13H18Cl2N2O/c1-3-17(4-2)8-7-13(18)16-10-5-6-11(14)12(15)9-10/h5-6,9H,3-4,7-8H2,1-2H3,(H,16,18). The molecule has 0 heterocycles. The number of nitrogens with zero attached hydrogens (tertiary/aromatic N) is 1. The normalized spacial score (nSPS) is 10.7. The van der Waals surface area contributed by atoms with Crippen molar-refractivity contribution in [2.45, 2.75) is 20.3 Å². The molecule has 0 unspecified atom stereocenters. The second-order valence-corrected chi connectivity index (χ2v) is 4.77. The van der Waals surface area contributed by atoms with E-state index < -0.39 is 0 Å². The summed E-state index contributed by atoms with van der Waals surface area (Å²) in [5.74, 6) is -0.0136. The highest BCUT2D eigenvalue weighted by molar-refractivity contribution is 6.42. The van der Waals surface area contributed by atoms with E-state index in [9.17, 15) is 4.79 Å². The Kier molecular flexibility index (Phi) is 6.47. The van der Waals surface area contributed by atoms with E-state index in [1.54, 1.807) is 18.2 Å². The Labute approximate surface area is 118 Å². The van der Waals surface area contributed by atoms with Crippen molar-refractivity contribution < 1.29 is 4.79 Å². The number of halogens is 2. The van der Waals surface area contributed by atoms with Crippen molar-refractivity contribution in [3.8, 4) is 0 Å². The van der Waals surface area contributed by atoms with Gasteiger partial charge in [-0.3, -0.25) is 4.79 Å². The summed E-state index contributed by atoms with van der Waals surface area (Å²) in [6, 6.07) is 5.06. The van der Waals surface area contributed by atoms with Gasteiger partial charge >= 0.3 is 0 Å². The zero-order chi connectivity index (χ0) is 13.5. The Morgan fingerprint density at radius 3 is 2.44 bits per heavy atom. The van der Waals surface area contributed by atoms with E-state index in [0.29, 0.717) is 22.2 Å². The first-order valence-electron chi connectivity index (χ1n) is 6.04. The van der Waals surface area contributed by atoms with E-state index >= 15 is 0 Å². The fraction of sp³-hybridized carbons (Fsp3) is 0.462. The van der Waals surface area contributed by atoms with Gasteiger partial charge in [0.2, 0.25) is 5.91 Å². The molecule has 0 bridgehead atoms. The number of benzene rings is 1. The highest BCUT2D eigenvalue weighted by Crippen LogP contribution is 2.24. The van der Waals surface area contributed by atoms with Gasteiger partial charge in [0.05, 0.1) is 10.0 Å². The van der Waals surface area contributed by atoms with Crippen LogP contribution in [0.15, 0.2) is 18.2 Å². The molecular weight excluding hydrogens is 271 g/mol. The van der Waals surface area contributed by atoms with Gasteiger partial charge in [0.25, 0.3) is 0 Å². The lowest BCUT2D eigenvalue weighted by Crippen LogP contribution is -2.27. The largest absolute Gasteiger partial charge is 0.326 e. The quantitative estimate of drug-likeness (QED) is 0.866. The van der Waals surface area contributed by atoms with Crippen LogP contribution in [0.5, 0.6) is 0 Å². The van der Waals surface area contributed by atoms with Crippen LogP contribution in [0.3, 0.4) is 0 Å². The third-order valence-corrected chi connectivity index (χ3v) is 3.49. The number of hydrogen-bond donors (Lipinski definition) is 1. The van der Waals surface area contributed by atoms with Gasteiger partial charge < -0.3 is 10.2 Å². The molecule has 3 nitrogen and oxygen atoms in total. The van der Waals surface area contributed by atoms with Crippen LogP contribution in [0.25, 0.3) is 0 Å². The molecule has 0 aliphatic heterocycles. The minimum absolute atomic E-state index is 0.0136. The van der Waals surface area contributed by atoms with Gasteiger partial charge in [0.1, 0.15) is 0 Å². The van der Waals surface area contributed by atoms with Crippen molar-refractivity contribution in [1.82, 2.24) is 4.90 Å². The van der Waals surface area contributed by atoms with Gasteiger partial charge in [-0.1, -0.05) is 37.0 Å².